The maximum atomic E-state index is 12.0. The molecule has 0 saturated heterocycles. The molecular weight excluding hydrogens is 344 g/mol. The lowest BCUT2D eigenvalue weighted by atomic mass is 10.1. The van der Waals surface area contributed by atoms with E-state index in [4.69, 9.17) is 14.9 Å². The third-order valence-corrected chi connectivity index (χ3v) is 4.81. The molecule has 7 heteroatoms. The van der Waals surface area contributed by atoms with Gasteiger partial charge in [-0.05, 0) is 48.4 Å². The van der Waals surface area contributed by atoms with E-state index in [0.717, 1.165) is 5.56 Å². The second kappa shape index (κ2) is 8.98. The summed E-state index contributed by atoms with van der Waals surface area (Å²) in [5, 5.41) is 17.6. The Kier molecular flexibility index (Phi) is 6.71. The van der Waals surface area contributed by atoms with Gasteiger partial charge in [-0.15, -0.1) is 0 Å². The number of carbonyl (C=O) groups is 2. The van der Waals surface area contributed by atoms with Gasteiger partial charge in [0.1, 0.15) is 5.75 Å². The fourth-order valence-corrected chi connectivity index (χ4v) is 3.25. The maximum Gasteiger partial charge on any atom is 0.335 e. The summed E-state index contributed by atoms with van der Waals surface area (Å²) in [4.78, 5) is 21.5. The Balaban J connectivity index is 1.71. The van der Waals surface area contributed by atoms with Crippen molar-refractivity contribution in [3.8, 4) is 5.75 Å². The highest BCUT2D eigenvalue weighted by atomic mass is 32.2. The van der Waals surface area contributed by atoms with Gasteiger partial charge in [-0.1, -0.05) is 12.1 Å². The molecule has 0 aliphatic rings. The molecule has 0 heterocycles. The lowest BCUT2D eigenvalue weighted by Crippen LogP contribution is -2.07. The van der Waals surface area contributed by atoms with Gasteiger partial charge in [-0.3, -0.25) is 4.21 Å². The van der Waals surface area contributed by atoms with Crippen LogP contribution < -0.4 is 4.74 Å². The van der Waals surface area contributed by atoms with Crippen molar-refractivity contribution >= 4 is 22.7 Å². The van der Waals surface area contributed by atoms with E-state index in [1.165, 1.54) is 24.3 Å². The van der Waals surface area contributed by atoms with Crippen LogP contribution in [0.5, 0.6) is 5.75 Å². The van der Waals surface area contributed by atoms with Crippen molar-refractivity contribution in [2.45, 2.75) is 12.2 Å². The summed E-state index contributed by atoms with van der Waals surface area (Å²) in [7, 11) is -1.06. The first kappa shape index (κ1) is 18.7. The number of carboxylic acids is 2. The average Bonchev–Trinajstić information content (AvgIpc) is 2.59. The Morgan fingerprint density at radius 3 is 1.92 bits per heavy atom. The van der Waals surface area contributed by atoms with Gasteiger partial charge >= 0.3 is 11.9 Å². The van der Waals surface area contributed by atoms with E-state index in [9.17, 15) is 13.8 Å². The largest absolute Gasteiger partial charge is 0.494 e. The average molecular weight is 362 g/mol. The highest BCUT2D eigenvalue weighted by Gasteiger charge is 2.06. The van der Waals surface area contributed by atoms with Crippen molar-refractivity contribution in [2.24, 2.45) is 0 Å². The minimum Gasteiger partial charge on any atom is -0.494 e. The number of carboxylic acid groups (broad SMARTS) is 2. The number of benzene rings is 2. The zero-order valence-corrected chi connectivity index (χ0v) is 14.2. The van der Waals surface area contributed by atoms with Crippen LogP contribution in [0.2, 0.25) is 0 Å². The van der Waals surface area contributed by atoms with Crippen molar-refractivity contribution in [1.29, 1.82) is 0 Å². The van der Waals surface area contributed by atoms with Crippen molar-refractivity contribution in [3.63, 3.8) is 0 Å². The molecular formula is C18H18O6S. The van der Waals surface area contributed by atoms with Gasteiger partial charge in [0.2, 0.25) is 0 Å². The molecule has 0 aliphatic carbocycles. The fourth-order valence-electron chi connectivity index (χ4n) is 2.11. The Hall–Kier alpha value is -2.67. The van der Waals surface area contributed by atoms with Gasteiger partial charge in [0.15, 0.2) is 0 Å². The minimum absolute atomic E-state index is 0.197. The van der Waals surface area contributed by atoms with Crippen LogP contribution in [-0.2, 0) is 16.6 Å². The first-order valence-electron chi connectivity index (χ1n) is 7.59. The Bertz CT molecular complexity index is 752. The number of ether oxygens (including phenoxy) is 1. The molecule has 0 aliphatic heterocycles. The first-order valence-corrected chi connectivity index (χ1v) is 9.08. The zero-order valence-electron chi connectivity index (χ0n) is 13.4. The Labute approximate surface area is 147 Å². The standard InChI is InChI=1S/C18H18O6S/c19-17(20)14-4-2-13(3-5-14)12-25(23)11-1-10-24-16-8-6-15(7-9-16)18(21)22/h2-9H,1,10-12H2,(H,19,20)(H,21,22). The summed E-state index contributed by atoms with van der Waals surface area (Å²) in [5.74, 6) is -0.569. The molecule has 2 N–H and O–H groups in total. The lowest BCUT2D eigenvalue weighted by molar-refractivity contribution is 0.0686. The molecule has 0 bridgehead atoms. The van der Waals surface area contributed by atoms with Crippen LogP contribution in [0.3, 0.4) is 0 Å². The maximum absolute atomic E-state index is 12.0. The summed E-state index contributed by atoms with van der Waals surface area (Å²) in [6.45, 7) is 0.385. The van der Waals surface area contributed by atoms with Crippen LogP contribution in [0.4, 0.5) is 0 Å². The van der Waals surface area contributed by atoms with Crippen LogP contribution in [0.15, 0.2) is 48.5 Å². The number of hydrogen-bond donors (Lipinski definition) is 2. The molecule has 0 amide bonds. The summed E-state index contributed by atoms with van der Waals surface area (Å²) in [6.07, 6.45) is 0.598. The summed E-state index contributed by atoms with van der Waals surface area (Å²) in [6, 6.07) is 12.4. The molecule has 0 fully saturated rings. The van der Waals surface area contributed by atoms with Crippen LogP contribution in [0.1, 0.15) is 32.7 Å². The summed E-state index contributed by atoms with van der Waals surface area (Å²) < 4.78 is 17.5. The van der Waals surface area contributed by atoms with Crippen molar-refractivity contribution in [3.05, 3.63) is 65.2 Å². The highest BCUT2D eigenvalue weighted by Crippen LogP contribution is 2.13. The number of hydrogen-bond acceptors (Lipinski definition) is 4. The Morgan fingerprint density at radius 2 is 1.40 bits per heavy atom. The quantitative estimate of drug-likeness (QED) is 0.665. The molecule has 6 nitrogen and oxygen atoms in total. The van der Waals surface area contributed by atoms with Crippen LogP contribution >= 0.6 is 0 Å². The van der Waals surface area contributed by atoms with E-state index < -0.39 is 22.7 Å². The predicted octanol–water partition coefficient (Wildman–Crippen LogP) is 2.80. The van der Waals surface area contributed by atoms with E-state index in [1.807, 2.05) is 0 Å². The Morgan fingerprint density at radius 1 is 0.880 bits per heavy atom. The molecule has 0 saturated carbocycles. The van der Waals surface area contributed by atoms with Crippen molar-refractivity contribution in [2.75, 3.05) is 12.4 Å². The smallest absolute Gasteiger partial charge is 0.335 e. The third kappa shape index (κ3) is 6.04. The van der Waals surface area contributed by atoms with E-state index in [1.54, 1.807) is 24.3 Å². The van der Waals surface area contributed by atoms with Gasteiger partial charge < -0.3 is 14.9 Å². The molecule has 0 radical (unpaired) electrons. The second-order valence-corrected chi connectivity index (χ2v) is 6.90. The van der Waals surface area contributed by atoms with E-state index in [-0.39, 0.29) is 11.1 Å². The topological polar surface area (TPSA) is 101 Å². The van der Waals surface area contributed by atoms with Gasteiger partial charge in [-0.25, -0.2) is 9.59 Å². The summed E-state index contributed by atoms with van der Waals surface area (Å²) in [5.41, 5.74) is 1.23. The summed E-state index contributed by atoms with van der Waals surface area (Å²) >= 11 is 0. The van der Waals surface area contributed by atoms with E-state index in [2.05, 4.69) is 0 Å². The van der Waals surface area contributed by atoms with Gasteiger partial charge in [-0.2, -0.15) is 0 Å². The molecule has 0 spiro atoms. The minimum atomic E-state index is -1.06. The van der Waals surface area contributed by atoms with Crippen molar-refractivity contribution in [1.82, 2.24) is 0 Å². The molecule has 132 valence electrons. The lowest BCUT2D eigenvalue weighted by Gasteiger charge is -2.07. The van der Waals surface area contributed by atoms with Gasteiger partial charge in [0, 0.05) is 22.3 Å². The van der Waals surface area contributed by atoms with Crippen LogP contribution in [0.25, 0.3) is 0 Å². The molecule has 2 aromatic carbocycles. The highest BCUT2D eigenvalue weighted by molar-refractivity contribution is 7.84. The van der Waals surface area contributed by atoms with E-state index >= 15 is 0 Å². The molecule has 25 heavy (non-hydrogen) atoms. The normalized spacial score (nSPS) is 11.7. The van der Waals surface area contributed by atoms with Crippen molar-refractivity contribution < 1.29 is 28.7 Å². The number of aromatic carboxylic acids is 2. The van der Waals surface area contributed by atoms with Crippen LogP contribution in [0, 0.1) is 0 Å². The molecule has 2 rings (SSSR count). The van der Waals surface area contributed by atoms with Gasteiger partial charge in [0.05, 0.1) is 17.7 Å². The van der Waals surface area contributed by atoms with Gasteiger partial charge in [0.25, 0.3) is 0 Å². The second-order valence-electron chi connectivity index (χ2n) is 5.32. The molecule has 1 unspecified atom stereocenters. The number of rotatable bonds is 9. The molecule has 2 aromatic rings. The van der Waals surface area contributed by atoms with E-state index in [0.29, 0.717) is 30.3 Å². The van der Waals surface area contributed by atoms with Crippen LogP contribution in [-0.4, -0.2) is 38.7 Å². The molecule has 0 aromatic heterocycles. The third-order valence-electron chi connectivity index (χ3n) is 3.41. The monoisotopic (exact) mass is 362 g/mol. The molecule has 1 atom stereocenters. The first-order chi connectivity index (χ1) is 12.0. The zero-order chi connectivity index (χ0) is 18.2. The fraction of sp³-hybridized carbons (Fsp3) is 0.222. The predicted molar refractivity (Wildman–Crippen MR) is 93.6 cm³/mol. The SMILES string of the molecule is O=C(O)c1ccc(CS(=O)CCCOc2ccc(C(=O)O)cc2)cc1.